The van der Waals surface area contributed by atoms with Crippen molar-refractivity contribution < 1.29 is 24.3 Å². The van der Waals surface area contributed by atoms with Crippen molar-refractivity contribution in [2.75, 3.05) is 6.54 Å². The topological polar surface area (TPSA) is 151 Å². The number of benzene rings is 1. The Hall–Kier alpha value is -2.94. The Morgan fingerprint density at radius 1 is 1.00 bits per heavy atom. The molecule has 0 aromatic heterocycles. The van der Waals surface area contributed by atoms with Crippen LogP contribution in [0.1, 0.15) is 52.0 Å². The van der Waals surface area contributed by atoms with Crippen molar-refractivity contribution >= 4 is 23.7 Å². The van der Waals surface area contributed by atoms with Crippen LogP contribution in [0.25, 0.3) is 0 Å². The highest BCUT2D eigenvalue weighted by molar-refractivity contribution is 5.92. The van der Waals surface area contributed by atoms with Crippen LogP contribution in [0.3, 0.4) is 0 Å². The van der Waals surface area contributed by atoms with Gasteiger partial charge in [0.25, 0.3) is 0 Å². The lowest BCUT2D eigenvalue weighted by molar-refractivity contribution is -0.142. The lowest BCUT2D eigenvalue weighted by Gasteiger charge is -2.23. The number of aliphatic carboxylic acids is 1. The summed E-state index contributed by atoms with van der Waals surface area (Å²) in [5.41, 5.74) is 6.60. The van der Waals surface area contributed by atoms with Gasteiger partial charge in [0.15, 0.2) is 0 Å². The maximum atomic E-state index is 12.8. The molecule has 0 heterocycles. The van der Waals surface area contributed by atoms with E-state index in [4.69, 9.17) is 5.73 Å². The van der Waals surface area contributed by atoms with Gasteiger partial charge in [-0.05, 0) is 24.3 Å². The van der Waals surface area contributed by atoms with Crippen LogP contribution in [-0.2, 0) is 25.6 Å². The quantitative estimate of drug-likeness (QED) is 0.286. The zero-order valence-electron chi connectivity index (χ0n) is 19.1. The molecule has 178 valence electrons. The standard InChI is InChI=1S/C23H36N4O5/c1-4-5-11-17(24)21(29)25-14-20(28)26-18(13-16-9-7-6-8-10-16)22(30)27-19(23(31)32)12-15(2)3/h6-10,15,17-19H,4-5,11-14,24H2,1-3H3,(H,25,29)(H,26,28)(H,27,30)(H,31,32)/t17-,18-,19-/m0/s1. The number of carboxylic acid groups (broad SMARTS) is 1. The summed E-state index contributed by atoms with van der Waals surface area (Å²) in [4.78, 5) is 48.8. The highest BCUT2D eigenvalue weighted by Crippen LogP contribution is 2.08. The summed E-state index contributed by atoms with van der Waals surface area (Å²) in [7, 11) is 0. The Morgan fingerprint density at radius 3 is 2.22 bits per heavy atom. The number of carbonyl (C=O) groups is 4. The summed E-state index contributed by atoms with van der Waals surface area (Å²) in [5, 5.41) is 17.0. The molecule has 0 fully saturated rings. The van der Waals surface area contributed by atoms with Crippen LogP contribution in [0.15, 0.2) is 30.3 Å². The predicted molar refractivity (Wildman–Crippen MR) is 122 cm³/mol. The SMILES string of the molecule is CCCC[C@H](N)C(=O)NCC(=O)N[C@@H](Cc1ccccc1)C(=O)N[C@@H](CC(C)C)C(=O)O. The van der Waals surface area contributed by atoms with E-state index in [9.17, 15) is 24.3 Å². The molecule has 9 heteroatoms. The van der Waals surface area contributed by atoms with Gasteiger partial charge in [0, 0.05) is 6.42 Å². The first kappa shape index (κ1) is 27.1. The fraction of sp³-hybridized carbons (Fsp3) is 0.565. The number of hydrogen-bond donors (Lipinski definition) is 5. The van der Waals surface area contributed by atoms with Crippen LogP contribution in [-0.4, -0.2) is 53.5 Å². The molecule has 0 spiro atoms. The van der Waals surface area contributed by atoms with Crippen molar-refractivity contribution in [2.24, 2.45) is 11.7 Å². The fourth-order valence-electron chi connectivity index (χ4n) is 3.12. The van der Waals surface area contributed by atoms with E-state index >= 15 is 0 Å². The van der Waals surface area contributed by atoms with Crippen molar-refractivity contribution in [2.45, 2.75) is 71.0 Å². The van der Waals surface area contributed by atoms with Gasteiger partial charge in [-0.2, -0.15) is 0 Å². The summed E-state index contributed by atoms with van der Waals surface area (Å²) >= 11 is 0. The minimum Gasteiger partial charge on any atom is -0.480 e. The molecule has 0 saturated carbocycles. The maximum Gasteiger partial charge on any atom is 0.326 e. The summed E-state index contributed by atoms with van der Waals surface area (Å²) < 4.78 is 0. The van der Waals surface area contributed by atoms with Gasteiger partial charge in [-0.15, -0.1) is 0 Å². The molecule has 0 aliphatic carbocycles. The molecule has 1 aromatic rings. The van der Waals surface area contributed by atoms with Gasteiger partial charge >= 0.3 is 5.97 Å². The second kappa shape index (κ2) is 14.2. The van der Waals surface area contributed by atoms with Crippen LogP contribution in [0, 0.1) is 5.92 Å². The second-order valence-corrected chi connectivity index (χ2v) is 8.31. The van der Waals surface area contributed by atoms with Gasteiger partial charge in [-0.3, -0.25) is 14.4 Å². The van der Waals surface area contributed by atoms with Crippen molar-refractivity contribution in [1.82, 2.24) is 16.0 Å². The lowest BCUT2D eigenvalue weighted by atomic mass is 10.0. The van der Waals surface area contributed by atoms with Gasteiger partial charge in [0.05, 0.1) is 12.6 Å². The van der Waals surface area contributed by atoms with E-state index in [0.29, 0.717) is 6.42 Å². The van der Waals surface area contributed by atoms with E-state index in [2.05, 4.69) is 16.0 Å². The van der Waals surface area contributed by atoms with Crippen LogP contribution in [0.2, 0.25) is 0 Å². The Balaban J connectivity index is 2.80. The smallest absolute Gasteiger partial charge is 0.326 e. The molecule has 6 N–H and O–H groups in total. The molecule has 0 bridgehead atoms. The number of nitrogens with one attached hydrogen (secondary N) is 3. The number of carbonyl (C=O) groups excluding carboxylic acids is 3. The molecular formula is C23H36N4O5. The van der Waals surface area contributed by atoms with Crippen LogP contribution < -0.4 is 21.7 Å². The third kappa shape index (κ3) is 10.4. The lowest BCUT2D eigenvalue weighted by Crippen LogP contribution is -2.54. The van der Waals surface area contributed by atoms with Gasteiger partial charge < -0.3 is 26.8 Å². The molecule has 9 nitrogen and oxygen atoms in total. The third-order valence-corrected chi connectivity index (χ3v) is 4.88. The number of unbranched alkanes of at least 4 members (excludes halogenated alkanes) is 1. The van der Waals surface area contributed by atoms with Gasteiger partial charge in [0.2, 0.25) is 17.7 Å². The molecule has 3 atom stereocenters. The van der Waals surface area contributed by atoms with Gasteiger partial charge in [-0.1, -0.05) is 63.9 Å². The molecule has 1 aromatic carbocycles. The highest BCUT2D eigenvalue weighted by Gasteiger charge is 2.27. The van der Waals surface area contributed by atoms with Crippen molar-refractivity contribution in [3.05, 3.63) is 35.9 Å². The zero-order chi connectivity index (χ0) is 24.1. The number of carboxylic acids is 1. The summed E-state index contributed by atoms with van der Waals surface area (Å²) in [6.45, 7) is 5.39. The van der Waals surface area contributed by atoms with E-state index in [-0.39, 0.29) is 25.3 Å². The van der Waals surface area contributed by atoms with Crippen LogP contribution in [0.4, 0.5) is 0 Å². The Bertz CT molecular complexity index is 754. The number of rotatable bonds is 14. The summed E-state index contributed by atoms with van der Waals surface area (Å²) in [6.07, 6.45) is 2.68. The Kier molecular flexibility index (Phi) is 12.0. The molecule has 1 rings (SSSR count). The highest BCUT2D eigenvalue weighted by atomic mass is 16.4. The zero-order valence-corrected chi connectivity index (χ0v) is 19.1. The van der Waals surface area contributed by atoms with E-state index in [0.717, 1.165) is 18.4 Å². The number of hydrogen-bond acceptors (Lipinski definition) is 5. The Morgan fingerprint density at radius 2 is 1.66 bits per heavy atom. The van der Waals surface area contributed by atoms with Crippen molar-refractivity contribution in [3.63, 3.8) is 0 Å². The molecule has 3 amide bonds. The normalized spacial score (nSPS) is 13.7. The van der Waals surface area contributed by atoms with Crippen molar-refractivity contribution in [3.8, 4) is 0 Å². The first-order valence-corrected chi connectivity index (χ1v) is 11.0. The van der Waals surface area contributed by atoms with E-state index in [1.807, 2.05) is 51.1 Å². The maximum absolute atomic E-state index is 12.8. The minimum atomic E-state index is -1.13. The summed E-state index contributed by atoms with van der Waals surface area (Å²) in [5.74, 6) is -2.66. The van der Waals surface area contributed by atoms with Crippen LogP contribution >= 0.6 is 0 Å². The Labute approximate surface area is 189 Å². The first-order chi connectivity index (χ1) is 15.1. The summed E-state index contributed by atoms with van der Waals surface area (Å²) in [6, 6.07) is 6.31. The average Bonchev–Trinajstić information content (AvgIpc) is 2.75. The first-order valence-electron chi connectivity index (χ1n) is 11.0. The van der Waals surface area contributed by atoms with E-state index in [1.165, 1.54) is 0 Å². The average molecular weight is 449 g/mol. The second-order valence-electron chi connectivity index (χ2n) is 8.31. The molecule has 0 aliphatic heterocycles. The van der Waals surface area contributed by atoms with E-state index < -0.39 is 41.8 Å². The van der Waals surface area contributed by atoms with Crippen molar-refractivity contribution in [1.29, 1.82) is 0 Å². The molecule has 32 heavy (non-hydrogen) atoms. The van der Waals surface area contributed by atoms with Crippen LogP contribution in [0.5, 0.6) is 0 Å². The monoisotopic (exact) mass is 448 g/mol. The molecule has 0 radical (unpaired) electrons. The molecule has 0 aliphatic rings. The van der Waals surface area contributed by atoms with E-state index in [1.54, 1.807) is 0 Å². The van der Waals surface area contributed by atoms with Gasteiger partial charge in [-0.25, -0.2) is 4.79 Å². The molecule has 0 saturated heterocycles. The largest absolute Gasteiger partial charge is 0.480 e. The minimum absolute atomic E-state index is 0.0608. The number of nitrogens with two attached hydrogens (primary N) is 1. The number of amides is 3. The molecular weight excluding hydrogens is 412 g/mol. The third-order valence-electron chi connectivity index (χ3n) is 4.88. The van der Waals surface area contributed by atoms with Gasteiger partial charge in [0.1, 0.15) is 12.1 Å². The fourth-order valence-corrected chi connectivity index (χ4v) is 3.12. The molecule has 0 unspecified atom stereocenters. The predicted octanol–water partition coefficient (Wildman–Crippen LogP) is 0.963.